The zero-order valence-electron chi connectivity index (χ0n) is 22.8. The molecule has 0 heterocycles. The van der Waals surface area contributed by atoms with Crippen molar-refractivity contribution in [3.05, 3.63) is 143 Å². The van der Waals surface area contributed by atoms with Crippen LogP contribution >= 0.6 is 0 Å². The van der Waals surface area contributed by atoms with Crippen molar-refractivity contribution in [3.8, 4) is 0 Å². The van der Waals surface area contributed by atoms with Crippen molar-refractivity contribution < 1.29 is 33.3 Å². The van der Waals surface area contributed by atoms with Gasteiger partial charge in [-0.15, -0.1) is 0 Å². The van der Waals surface area contributed by atoms with Crippen LogP contribution in [-0.2, 0) is 30.5 Å². The summed E-state index contributed by atoms with van der Waals surface area (Å²) in [6, 6.07) is 30.3. The standard InChI is InChI=1S/C33H30O7/c1-37-32(38-2,23-15-7-5-8-16-23)30(35)27-21-13-11-19-25(27)29(34)26-20-12-14-22-28(26)31(36)33(39-3,40-4)24-17-9-6-10-18-24/h5-22H,1-4H3. The zero-order valence-corrected chi connectivity index (χ0v) is 22.8. The van der Waals surface area contributed by atoms with E-state index in [2.05, 4.69) is 0 Å². The molecule has 7 heteroatoms. The van der Waals surface area contributed by atoms with Gasteiger partial charge in [-0.2, -0.15) is 0 Å². The topological polar surface area (TPSA) is 88.1 Å². The smallest absolute Gasteiger partial charge is 0.260 e. The van der Waals surface area contributed by atoms with E-state index in [1.165, 1.54) is 52.7 Å². The SMILES string of the molecule is COC(OC)(C(=O)c1ccccc1C(=O)c1ccccc1C(=O)C(OC)(OC)c1ccccc1)c1ccccc1. The first-order valence-electron chi connectivity index (χ1n) is 12.5. The number of ketones is 3. The van der Waals surface area contributed by atoms with Crippen LogP contribution in [0.25, 0.3) is 0 Å². The highest BCUT2D eigenvalue weighted by Crippen LogP contribution is 2.34. The maximum absolute atomic E-state index is 14.1. The molecule has 0 amide bonds. The van der Waals surface area contributed by atoms with Crippen LogP contribution in [0, 0.1) is 0 Å². The first-order valence-corrected chi connectivity index (χ1v) is 12.5. The predicted octanol–water partition coefficient (Wildman–Crippen LogP) is 5.57. The Morgan fingerprint density at radius 3 is 1.00 bits per heavy atom. The molecule has 7 nitrogen and oxygen atoms in total. The van der Waals surface area contributed by atoms with Crippen molar-refractivity contribution in [1.82, 2.24) is 0 Å². The van der Waals surface area contributed by atoms with Crippen LogP contribution in [0.15, 0.2) is 109 Å². The minimum absolute atomic E-state index is 0.0788. The van der Waals surface area contributed by atoms with Gasteiger partial charge in [0.1, 0.15) is 0 Å². The normalized spacial score (nSPS) is 11.7. The average molecular weight is 539 g/mol. The van der Waals surface area contributed by atoms with Gasteiger partial charge in [0.25, 0.3) is 11.6 Å². The van der Waals surface area contributed by atoms with Crippen LogP contribution in [0.3, 0.4) is 0 Å². The summed E-state index contributed by atoms with van der Waals surface area (Å²) >= 11 is 0. The summed E-state index contributed by atoms with van der Waals surface area (Å²) in [5.74, 6) is -5.24. The van der Waals surface area contributed by atoms with Crippen LogP contribution in [0.1, 0.15) is 47.8 Å². The molecule has 0 bridgehead atoms. The largest absolute Gasteiger partial charge is 0.343 e. The molecule has 4 aromatic carbocycles. The second-order valence-corrected chi connectivity index (χ2v) is 8.86. The summed E-state index contributed by atoms with van der Waals surface area (Å²) < 4.78 is 22.6. The number of rotatable bonds is 12. The summed E-state index contributed by atoms with van der Waals surface area (Å²) in [5, 5.41) is 0. The minimum Gasteiger partial charge on any atom is -0.343 e. The fraction of sp³-hybridized carbons (Fsp3) is 0.182. The van der Waals surface area contributed by atoms with Gasteiger partial charge in [-0.3, -0.25) is 14.4 Å². The first-order chi connectivity index (χ1) is 19.4. The van der Waals surface area contributed by atoms with Crippen molar-refractivity contribution in [1.29, 1.82) is 0 Å². The Morgan fingerprint density at radius 2 is 0.700 bits per heavy atom. The lowest BCUT2D eigenvalue weighted by molar-refractivity contribution is -0.176. The van der Waals surface area contributed by atoms with E-state index in [4.69, 9.17) is 18.9 Å². The van der Waals surface area contributed by atoms with Crippen LogP contribution in [-0.4, -0.2) is 45.8 Å². The second-order valence-electron chi connectivity index (χ2n) is 8.86. The quantitative estimate of drug-likeness (QED) is 0.172. The molecule has 0 aliphatic carbocycles. The van der Waals surface area contributed by atoms with Gasteiger partial charge in [-0.25, -0.2) is 0 Å². The molecular weight excluding hydrogens is 508 g/mol. The van der Waals surface area contributed by atoms with Crippen molar-refractivity contribution in [3.63, 3.8) is 0 Å². The molecule has 0 fully saturated rings. The number of Topliss-reactive ketones (excluding diaryl/α,β-unsaturated/α-hetero) is 2. The minimum atomic E-state index is -1.79. The van der Waals surface area contributed by atoms with Gasteiger partial charge in [0.05, 0.1) is 0 Å². The van der Waals surface area contributed by atoms with Crippen LogP contribution in [0.2, 0.25) is 0 Å². The van der Waals surface area contributed by atoms with Gasteiger partial charge in [0.2, 0.25) is 11.6 Å². The van der Waals surface area contributed by atoms with E-state index in [9.17, 15) is 14.4 Å². The van der Waals surface area contributed by atoms with Crippen LogP contribution < -0.4 is 0 Å². The number of ether oxygens (including phenoxy) is 4. The highest BCUT2D eigenvalue weighted by atomic mass is 16.7. The maximum atomic E-state index is 14.1. The summed E-state index contributed by atoms with van der Waals surface area (Å²) in [6.45, 7) is 0. The van der Waals surface area contributed by atoms with Crippen LogP contribution in [0.4, 0.5) is 0 Å². The molecule has 0 saturated carbocycles. The third kappa shape index (κ3) is 4.92. The Bertz CT molecular complexity index is 1370. The molecule has 40 heavy (non-hydrogen) atoms. The molecule has 0 unspecified atom stereocenters. The number of benzene rings is 4. The Labute approximate surface area is 233 Å². The lowest BCUT2D eigenvalue weighted by Gasteiger charge is -2.31. The summed E-state index contributed by atoms with van der Waals surface area (Å²) in [7, 11) is 5.47. The second kappa shape index (κ2) is 12.3. The first kappa shape index (κ1) is 28.7. The van der Waals surface area contributed by atoms with Gasteiger partial charge in [0, 0.05) is 61.8 Å². The Hall–Kier alpha value is -4.27. The maximum Gasteiger partial charge on any atom is 0.260 e. The van der Waals surface area contributed by atoms with Crippen molar-refractivity contribution in [2.24, 2.45) is 0 Å². The highest BCUT2D eigenvalue weighted by Gasteiger charge is 2.45. The molecule has 0 N–H and O–H groups in total. The lowest BCUT2D eigenvalue weighted by Crippen LogP contribution is -2.41. The zero-order chi connectivity index (χ0) is 28.8. The fourth-order valence-corrected chi connectivity index (χ4v) is 4.84. The number of methoxy groups -OCH3 is 4. The average Bonchev–Trinajstić information content (AvgIpc) is 3.03. The van der Waals surface area contributed by atoms with Gasteiger partial charge in [-0.05, 0) is 0 Å². The molecular formula is C33H30O7. The monoisotopic (exact) mass is 538 g/mol. The molecule has 0 radical (unpaired) electrons. The molecule has 0 saturated heterocycles. The van der Waals surface area contributed by atoms with E-state index >= 15 is 0 Å². The molecule has 0 aliphatic heterocycles. The van der Waals surface area contributed by atoms with E-state index in [-0.39, 0.29) is 22.3 Å². The summed E-state index contributed by atoms with van der Waals surface area (Å²) in [6.07, 6.45) is 0. The van der Waals surface area contributed by atoms with Gasteiger partial charge >= 0.3 is 0 Å². The van der Waals surface area contributed by atoms with Gasteiger partial charge in [0.15, 0.2) is 5.78 Å². The van der Waals surface area contributed by atoms with Crippen molar-refractivity contribution in [2.45, 2.75) is 11.6 Å². The molecule has 4 rings (SSSR count). The number of hydrogen-bond acceptors (Lipinski definition) is 7. The molecule has 4 aromatic rings. The summed E-state index contributed by atoms with van der Waals surface area (Å²) in [4.78, 5) is 42.2. The van der Waals surface area contributed by atoms with E-state index < -0.39 is 28.9 Å². The molecule has 0 aliphatic rings. The number of hydrogen-bond donors (Lipinski definition) is 0. The van der Waals surface area contributed by atoms with Gasteiger partial charge in [-0.1, -0.05) is 109 Å². The summed E-state index contributed by atoms with van der Waals surface area (Å²) in [5.41, 5.74) is 1.26. The Balaban J connectivity index is 1.83. The molecule has 0 aromatic heterocycles. The lowest BCUT2D eigenvalue weighted by atomic mass is 9.86. The van der Waals surface area contributed by atoms with E-state index in [0.717, 1.165) is 0 Å². The van der Waals surface area contributed by atoms with E-state index in [0.29, 0.717) is 11.1 Å². The van der Waals surface area contributed by atoms with Crippen molar-refractivity contribution >= 4 is 17.3 Å². The Morgan fingerprint density at radius 1 is 0.425 bits per heavy atom. The molecule has 0 atom stereocenters. The Kier molecular flexibility index (Phi) is 8.82. The van der Waals surface area contributed by atoms with Crippen LogP contribution in [0.5, 0.6) is 0 Å². The predicted molar refractivity (Wildman–Crippen MR) is 149 cm³/mol. The molecule has 204 valence electrons. The van der Waals surface area contributed by atoms with Gasteiger partial charge < -0.3 is 18.9 Å². The van der Waals surface area contributed by atoms with Crippen molar-refractivity contribution in [2.75, 3.05) is 28.4 Å². The fourth-order valence-electron chi connectivity index (χ4n) is 4.84. The third-order valence-electron chi connectivity index (χ3n) is 6.89. The van der Waals surface area contributed by atoms with E-state index in [1.807, 2.05) is 12.1 Å². The molecule has 0 spiro atoms. The third-order valence-corrected chi connectivity index (χ3v) is 6.89. The highest BCUT2D eigenvalue weighted by molar-refractivity contribution is 6.21. The number of carbonyl (C=O) groups excluding carboxylic acids is 3. The van der Waals surface area contributed by atoms with E-state index in [1.54, 1.807) is 72.8 Å². The number of carbonyl (C=O) groups is 3.